The average molecular weight is 220 g/mol. The lowest BCUT2D eigenvalue weighted by Gasteiger charge is -2.19. The van der Waals surface area contributed by atoms with Gasteiger partial charge in [0.2, 0.25) is 0 Å². The van der Waals surface area contributed by atoms with Crippen LogP contribution in [0.3, 0.4) is 0 Å². The Labute approximate surface area is 95.5 Å². The maximum absolute atomic E-state index is 11.4. The lowest BCUT2D eigenvalue weighted by molar-refractivity contribution is -0.155. The molecule has 0 fully saturated rings. The first-order chi connectivity index (χ1) is 7.32. The molecule has 0 N–H and O–H groups in total. The van der Waals surface area contributed by atoms with Gasteiger partial charge in [0.15, 0.2) is 0 Å². The normalized spacial score (nSPS) is 17.1. The van der Waals surface area contributed by atoms with E-state index in [1.54, 1.807) is 6.92 Å². The Balaban J connectivity index is 2.88. The summed E-state index contributed by atoms with van der Waals surface area (Å²) in [5.41, 5.74) is 1.23. The van der Waals surface area contributed by atoms with Crippen molar-refractivity contribution in [2.24, 2.45) is 5.41 Å². The Morgan fingerprint density at radius 3 is 2.06 bits per heavy atom. The van der Waals surface area contributed by atoms with E-state index in [2.05, 4.69) is 18.6 Å². The minimum atomic E-state index is -0.589. The SMILES string of the molecule is CC(=O)OC(=O)C(C)=C1C=CC(C)(C)C=C1. The Morgan fingerprint density at radius 2 is 1.62 bits per heavy atom. The van der Waals surface area contributed by atoms with E-state index in [0.717, 1.165) is 5.57 Å². The first-order valence-electron chi connectivity index (χ1n) is 5.14. The fourth-order valence-electron chi connectivity index (χ4n) is 1.30. The molecular formula is C13H16O3. The van der Waals surface area contributed by atoms with Gasteiger partial charge in [0.25, 0.3) is 0 Å². The molecule has 1 rings (SSSR count). The van der Waals surface area contributed by atoms with Gasteiger partial charge in [0.1, 0.15) is 0 Å². The predicted molar refractivity (Wildman–Crippen MR) is 61.5 cm³/mol. The van der Waals surface area contributed by atoms with Crippen molar-refractivity contribution < 1.29 is 14.3 Å². The highest BCUT2D eigenvalue weighted by molar-refractivity contribution is 5.96. The maximum atomic E-state index is 11.4. The van der Waals surface area contributed by atoms with Crippen LogP contribution in [-0.4, -0.2) is 11.9 Å². The summed E-state index contributed by atoms with van der Waals surface area (Å²) in [6, 6.07) is 0. The van der Waals surface area contributed by atoms with Crippen LogP contribution in [0.4, 0.5) is 0 Å². The zero-order chi connectivity index (χ0) is 12.3. The van der Waals surface area contributed by atoms with E-state index in [0.29, 0.717) is 5.57 Å². The van der Waals surface area contributed by atoms with Crippen molar-refractivity contribution >= 4 is 11.9 Å². The molecular weight excluding hydrogens is 204 g/mol. The van der Waals surface area contributed by atoms with Crippen molar-refractivity contribution in [2.45, 2.75) is 27.7 Å². The molecule has 0 amide bonds. The average Bonchev–Trinajstić information content (AvgIpc) is 2.15. The molecule has 86 valence electrons. The van der Waals surface area contributed by atoms with Crippen LogP contribution < -0.4 is 0 Å². The highest BCUT2D eigenvalue weighted by Crippen LogP contribution is 2.26. The van der Waals surface area contributed by atoms with E-state index in [1.165, 1.54) is 6.92 Å². The van der Waals surface area contributed by atoms with Crippen molar-refractivity contribution in [2.75, 3.05) is 0 Å². The maximum Gasteiger partial charge on any atom is 0.341 e. The number of carbonyl (C=O) groups is 2. The van der Waals surface area contributed by atoms with Gasteiger partial charge in [-0.1, -0.05) is 38.2 Å². The van der Waals surface area contributed by atoms with Gasteiger partial charge in [-0.3, -0.25) is 4.79 Å². The monoisotopic (exact) mass is 220 g/mol. The van der Waals surface area contributed by atoms with Crippen LogP contribution in [-0.2, 0) is 14.3 Å². The smallest absolute Gasteiger partial charge is 0.341 e. The predicted octanol–water partition coefficient (Wildman–Crippen LogP) is 2.54. The Hall–Kier alpha value is -1.64. The van der Waals surface area contributed by atoms with E-state index in [-0.39, 0.29) is 5.41 Å². The van der Waals surface area contributed by atoms with Crippen molar-refractivity contribution in [3.8, 4) is 0 Å². The van der Waals surface area contributed by atoms with E-state index < -0.39 is 11.9 Å². The number of rotatable bonds is 1. The van der Waals surface area contributed by atoms with Crippen LogP contribution in [0.1, 0.15) is 27.7 Å². The van der Waals surface area contributed by atoms with Crippen LogP contribution in [0.5, 0.6) is 0 Å². The van der Waals surface area contributed by atoms with Gasteiger partial charge in [-0.2, -0.15) is 0 Å². The number of hydrogen-bond donors (Lipinski definition) is 0. The molecule has 0 radical (unpaired) electrons. The summed E-state index contributed by atoms with van der Waals surface area (Å²) in [5, 5.41) is 0. The fourth-order valence-corrected chi connectivity index (χ4v) is 1.30. The molecule has 0 aromatic rings. The number of carbonyl (C=O) groups excluding carboxylic acids is 2. The van der Waals surface area contributed by atoms with E-state index in [1.807, 2.05) is 24.3 Å². The van der Waals surface area contributed by atoms with Gasteiger partial charge in [0, 0.05) is 17.9 Å². The second-order valence-electron chi connectivity index (χ2n) is 4.45. The summed E-state index contributed by atoms with van der Waals surface area (Å²) in [4.78, 5) is 22.1. The fraction of sp³-hybridized carbons (Fsp3) is 0.385. The summed E-state index contributed by atoms with van der Waals surface area (Å²) >= 11 is 0. The van der Waals surface area contributed by atoms with Crippen molar-refractivity contribution in [1.82, 2.24) is 0 Å². The first kappa shape index (κ1) is 12.4. The molecule has 1 aliphatic carbocycles. The topological polar surface area (TPSA) is 43.4 Å². The lowest BCUT2D eigenvalue weighted by atomic mass is 9.86. The summed E-state index contributed by atoms with van der Waals surface area (Å²) in [6.07, 6.45) is 7.76. The minimum absolute atomic E-state index is 0.00819. The van der Waals surface area contributed by atoms with Gasteiger partial charge in [-0.25, -0.2) is 4.79 Å². The van der Waals surface area contributed by atoms with Crippen LogP contribution in [0.25, 0.3) is 0 Å². The molecule has 0 aromatic carbocycles. The molecule has 3 heteroatoms. The summed E-state index contributed by atoms with van der Waals surface area (Å²) in [6.45, 7) is 7.00. The molecule has 1 aliphatic rings. The summed E-state index contributed by atoms with van der Waals surface area (Å²) < 4.78 is 4.51. The third-order valence-corrected chi connectivity index (χ3v) is 2.36. The molecule has 0 atom stereocenters. The van der Waals surface area contributed by atoms with Crippen molar-refractivity contribution in [3.63, 3.8) is 0 Å². The highest BCUT2D eigenvalue weighted by atomic mass is 16.6. The molecule has 0 bridgehead atoms. The van der Waals surface area contributed by atoms with Crippen LogP contribution in [0.15, 0.2) is 35.5 Å². The standard InChI is InChI=1S/C13H16O3/c1-9(12(15)16-10(2)14)11-5-7-13(3,4)8-6-11/h5-8H,1-4H3. The van der Waals surface area contributed by atoms with Gasteiger partial charge in [0.05, 0.1) is 0 Å². The number of esters is 2. The molecule has 0 aliphatic heterocycles. The second-order valence-corrected chi connectivity index (χ2v) is 4.45. The Kier molecular flexibility index (Phi) is 3.48. The molecule has 0 aromatic heterocycles. The van der Waals surface area contributed by atoms with Gasteiger partial charge >= 0.3 is 11.9 Å². The van der Waals surface area contributed by atoms with Crippen LogP contribution in [0.2, 0.25) is 0 Å². The van der Waals surface area contributed by atoms with Gasteiger partial charge in [-0.15, -0.1) is 0 Å². The quantitative estimate of drug-likeness (QED) is 0.387. The van der Waals surface area contributed by atoms with Crippen LogP contribution in [0, 0.1) is 5.41 Å². The first-order valence-corrected chi connectivity index (χ1v) is 5.14. The molecule has 0 heterocycles. The van der Waals surface area contributed by atoms with Crippen molar-refractivity contribution in [3.05, 3.63) is 35.5 Å². The summed E-state index contributed by atoms with van der Waals surface area (Å²) in [7, 11) is 0. The second kappa shape index (κ2) is 4.47. The highest BCUT2D eigenvalue weighted by Gasteiger charge is 2.16. The van der Waals surface area contributed by atoms with Crippen LogP contribution >= 0.6 is 0 Å². The van der Waals surface area contributed by atoms with Crippen molar-refractivity contribution in [1.29, 1.82) is 0 Å². The third kappa shape index (κ3) is 3.19. The zero-order valence-corrected chi connectivity index (χ0v) is 10.0. The number of allylic oxidation sites excluding steroid dienone is 5. The molecule has 0 saturated carbocycles. The largest absolute Gasteiger partial charge is 0.390 e. The van der Waals surface area contributed by atoms with E-state index in [9.17, 15) is 9.59 Å². The van der Waals surface area contributed by atoms with Gasteiger partial charge in [-0.05, 0) is 12.5 Å². The Morgan fingerprint density at radius 1 is 1.12 bits per heavy atom. The zero-order valence-electron chi connectivity index (χ0n) is 10.0. The summed E-state index contributed by atoms with van der Waals surface area (Å²) in [5.74, 6) is -1.18. The molecule has 0 unspecified atom stereocenters. The number of ether oxygens (including phenoxy) is 1. The molecule has 0 spiro atoms. The van der Waals surface area contributed by atoms with E-state index >= 15 is 0 Å². The Bertz CT molecular complexity index is 391. The minimum Gasteiger partial charge on any atom is -0.390 e. The van der Waals surface area contributed by atoms with E-state index in [4.69, 9.17) is 0 Å². The molecule has 16 heavy (non-hydrogen) atoms. The van der Waals surface area contributed by atoms with Gasteiger partial charge < -0.3 is 4.74 Å². The molecule has 0 saturated heterocycles. The molecule has 3 nitrogen and oxygen atoms in total. The lowest BCUT2D eigenvalue weighted by Crippen LogP contribution is -2.12. The number of hydrogen-bond acceptors (Lipinski definition) is 3. The third-order valence-electron chi connectivity index (χ3n) is 2.36.